The molecule has 0 fully saturated rings. The van der Waals surface area contributed by atoms with Crippen molar-refractivity contribution in [1.29, 1.82) is 0 Å². The lowest BCUT2D eigenvalue weighted by Gasteiger charge is -2.07. The highest BCUT2D eigenvalue weighted by Crippen LogP contribution is 2.23. The first kappa shape index (κ1) is 16.3. The summed E-state index contributed by atoms with van der Waals surface area (Å²) in [6.45, 7) is 3.23. The van der Waals surface area contributed by atoms with Crippen LogP contribution in [0.15, 0.2) is 22.7 Å². The van der Waals surface area contributed by atoms with E-state index >= 15 is 0 Å². The summed E-state index contributed by atoms with van der Waals surface area (Å²) in [5, 5.41) is 0. The molecular formula is C17H26BrN3. The molecule has 0 saturated carbocycles. The van der Waals surface area contributed by atoms with Crippen LogP contribution in [-0.2, 0) is 6.54 Å². The summed E-state index contributed by atoms with van der Waals surface area (Å²) in [7, 11) is 0. The number of fused-ring (bicyclic) bond motifs is 1. The van der Waals surface area contributed by atoms with E-state index in [0.29, 0.717) is 5.95 Å². The normalized spacial score (nSPS) is 11.3. The zero-order valence-corrected chi connectivity index (χ0v) is 14.5. The van der Waals surface area contributed by atoms with Gasteiger partial charge in [0.15, 0.2) is 0 Å². The van der Waals surface area contributed by atoms with E-state index in [1.165, 1.54) is 51.4 Å². The van der Waals surface area contributed by atoms with E-state index in [1.807, 2.05) is 12.1 Å². The van der Waals surface area contributed by atoms with Gasteiger partial charge in [0.05, 0.1) is 11.0 Å². The maximum Gasteiger partial charge on any atom is 0.201 e. The van der Waals surface area contributed by atoms with Crippen molar-refractivity contribution in [2.75, 3.05) is 5.73 Å². The number of hydrogen-bond donors (Lipinski definition) is 1. The second-order valence-corrected chi connectivity index (χ2v) is 6.65. The predicted octanol–water partition coefficient (Wildman–Crippen LogP) is 5.52. The number of benzene rings is 1. The van der Waals surface area contributed by atoms with Gasteiger partial charge in [-0.3, -0.25) is 0 Å². The number of rotatable bonds is 9. The average molecular weight is 352 g/mol. The molecule has 0 atom stereocenters. The van der Waals surface area contributed by atoms with Crippen LogP contribution in [0.5, 0.6) is 0 Å². The summed E-state index contributed by atoms with van der Waals surface area (Å²) in [5.41, 5.74) is 8.15. The Balaban J connectivity index is 1.78. The Morgan fingerprint density at radius 1 is 1.05 bits per heavy atom. The van der Waals surface area contributed by atoms with Crippen LogP contribution in [0.1, 0.15) is 58.3 Å². The van der Waals surface area contributed by atoms with Crippen LogP contribution in [0.2, 0.25) is 0 Å². The predicted molar refractivity (Wildman–Crippen MR) is 94.5 cm³/mol. The van der Waals surface area contributed by atoms with Crippen LogP contribution in [0, 0.1) is 0 Å². The van der Waals surface area contributed by atoms with Crippen LogP contribution in [0.3, 0.4) is 0 Å². The maximum atomic E-state index is 6.04. The molecule has 2 aromatic rings. The molecular weight excluding hydrogens is 326 g/mol. The Hall–Kier alpha value is -1.03. The van der Waals surface area contributed by atoms with Gasteiger partial charge >= 0.3 is 0 Å². The third-order valence-electron chi connectivity index (χ3n) is 3.98. The van der Waals surface area contributed by atoms with Crippen molar-refractivity contribution in [1.82, 2.24) is 9.55 Å². The van der Waals surface area contributed by atoms with Crippen LogP contribution < -0.4 is 5.73 Å². The average Bonchev–Trinajstić information content (AvgIpc) is 2.77. The molecule has 0 amide bonds. The standard InChI is InChI=1S/C17H26BrN3/c1-2-3-4-5-6-7-8-9-12-21-16-13-14(18)10-11-15(16)20-17(21)19/h10-11,13H,2-9,12H2,1H3,(H2,19,20). The minimum atomic E-state index is 0.631. The summed E-state index contributed by atoms with van der Waals surface area (Å²) in [6, 6.07) is 6.12. The molecule has 21 heavy (non-hydrogen) atoms. The van der Waals surface area contributed by atoms with Gasteiger partial charge in [-0.25, -0.2) is 4.98 Å². The molecule has 0 bridgehead atoms. The lowest BCUT2D eigenvalue weighted by molar-refractivity contribution is 0.550. The van der Waals surface area contributed by atoms with Crippen LogP contribution in [0.4, 0.5) is 5.95 Å². The first-order chi connectivity index (χ1) is 10.2. The molecule has 1 aromatic carbocycles. The summed E-state index contributed by atoms with van der Waals surface area (Å²) >= 11 is 3.52. The first-order valence-corrected chi connectivity index (χ1v) is 8.93. The zero-order valence-electron chi connectivity index (χ0n) is 12.9. The number of nitrogens with two attached hydrogens (primary N) is 1. The summed E-state index contributed by atoms with van der Waals surface area (Å²) in [4.78, 5) is 4.42. The van der Waals surface area contributed by atoms with E-state index in [9.17, 15) is 0 Å². The maximum absolute atomic E-state index is 6.04. The molecule has 1 heterocycles. The second kappa shape index (κ2) is 8.42. The highest BCUT2D eigenvalue weighted by molar-refractivity contribution is 9.10. The van der Waals surface area contributed by atoms with Gasteiger partial charge in [-0.1, -0.05) is 67.8 Å². The largest absolute Gasteiger partial charge is 0.369 e. The number of anilines is 1. The van der Waals surface area contributed by atoms with Crippen molar-refractivity contribution >= 4 is 32.9 Å². The molecule has 3 nitrogen and oxygen atoms in total. The quantitative estimate of drug-likeness (QED) is 0.604. The smallest absolute Gasteiger partial charge is 0.201 e. The Bertz CT molecular complexity index is 562. The Morgan fingerprint density at radius 3 is 2.43 bits per heavy atom. The lowest BCUT2D eigenvalue weighted by atomic mass is 10.1. The Kier molecular flexibility index (Phi) is 6.55. The molecule has 0 spiro atoms. The highest BCUT2D eigenvalue weighted by Gasteiger charge is 2.07. The summed E-state index contributed by atoms with van der Waals surface area (Å²) in [6.07, 6.45) is 10.6. The van der Waals surface area contributed by atoms with Crippen molar-refractivity contribution < 1.29 is 0 Å². The fraction of sp³-hybridized carbons (Fsp3) is 0.588. The number of aromatic nitrogens is 2. The molecule has 116 valence electrons. The fourth-order valence-electron chi connectivity index (χ4n) is 2.75. The number of imidazole rings is 1. The van der Waals surface area contributed by atoms with Gasteiger partial charge in [-0.2, -0.15) is 0 Å². The number of nitrogen functional groups attached to an aromatic ring is 1. The number of halogens is 1. The monoisotopic (exact) mass is 351 g/mol. The van der Waals surface area contributed by atoms with Gasteiger partial charge < -0.3 is 10.3 Å². The molecule has 1 aromatic heterocycles. The molecule has 0 aliphatic heterocycles. The molecule has 0 unspecified atom stereocenters. The van der Waals surface area contributed by atoms with Gasteiger partial charge in [-0.05, 0) is 24.6 Å². The van der Waals surface area contributed by atoms with Crippen LogP contribution in [-0.4, -0.2) is 9.55 Å². The number of hydrogen-bond acceptors (Lipinski definition) is 2. The van der Waals surface area contributed by atoms with Gasteiger partial charge in [0.1, 0.15) is 0 Å². The molecule has 0 aliphatic rings. The Morgan fingerprint density at radius 2 is 1.71 bits per heavy atom. The number of unbranched alkanes of at least 4 members (excludes halogenated alkanes) is 7. The Labute approximate surface area is 136 Å². The molecule has 0 aliphatic carbocycles. The van der Waals surface area contributed by atoms with Crippen molar-refractivity contribution in [3.8, 4) is 0 Å². The van der Waals surface area contributed by atoms with E-state index in [2.05, 4.69) is 38.5 Å². The van der Waals surface area contributed by atoms with Gasteiger partial charge in [0.2, 0.25) is 5.95 Å². The zero-order chi connectivity index (χ0) is 15.1. The second-order valence-electron chi connectivity index (χ2n) is 5.73. The van der Waals surface area contributed by atoms with E-state index in [1.54, 1.807) is 0 Å². The summed E-state index contributed by atoms with van der Waals surface area (Å²) in [5.74, 6) is 0.631. The minimum Gasteiger partial charge on any atom is -0.369 e. The molecule has 4 heteroatoms. The highest BCUT2D eigenvalue weighted by atomic mass is 79.9. The third-order valence-corrected chi connectivity index (χ3v) is 4.47. The number of nitrogens with zero attached hydrogens (tertiary/aromatic N) is 2. The molecule has 0 radical (unpaired) electrons. The van der Waals surface area contributed by atoms with E-state index in [4.69, 9.17) is 5.73 Å². The van der Waals surface area contributed by atoms with Crippen molar-refractivity contribution in [2.24, 2.45) is 0 Å². The minimum absolute atomic E-state index is 0.631. The van der Waals surface area contributed by atoms with Crippen LogP contribution in [0.25, 0.3) is 11.0 Å². The van der Waals surface area contributed by atoms with Crippen molar-refractivity contribution in [3.05, 3.63) is 22.7 Å². The van der Waals surface area contributed by atoms with Crippen molar-refractivity contribution in [3.63, 3.8) is 0 Å². The van der Waals surface area contributed by atoms with Gasteiger partial charge in [-0.15, -0.1) is 0 Å². The fourth-order valence-corrected chi connectivity index (χ4v) is 3.10. The van der Waals surface area contributed by atoms with Gasteiger partial charge in [0, 0.05) is 11.0 Å². The van der Waals surface area contributed by atoms with Crippen molar-refractivity contribution in [2.45, 2.75) is 64.8 Å². The van der Waals surface area contributed by atoms with E-state index in [0.717, 1.165) is 22.1 Å². The number of aryl methyl sites for hydroxylation is 1. The van der Waals surface area contributed by atoms with Crippen LogP contribution >= 0.6 is 15.9 Å². The SMILES string of the molecule is CCCCCCCCCCn1c(N)nc2ccc(Br)cc21. The van der Waals surface area contributed by atoms with E-state index in [-0.39, 0.29) is 0 Å². The third kappa shape index (κ3) is 4.73. The van der Waals surface area contributed by atoms with E-state index < -0.39 is 0 Å². The molecule has 2 N–H and O–H groups in total. The molecule has 2 rings (SSSR count). The first-order valence-electron chi connectivity index (χ1n) is 8.13. The summed E-state index contributed by atoms with van der Waals surface area (Å²) < 4.78 is 3.21. The molecule has 0 saturated heterocycles. The van der Waals surface area contributed by atoms with Gasteiger partial charge in [0.25, 0.3) is 0 Å². The topological polar surface area (TPSA) is 43.8 Å². The lowest BCUT2D eigenvalue weighted by Crippen LogP contribution is -2.03.